The van der Waals surface area contributed by atoms with Crippen LogP contribution in [-0.2, 0) is 4.79 Å². The van der Waals surface area contributed by atoms with E-state index in [0.29, 0.717) is 0 Å². The molecule has 0 bridgehead atoms. The molecule has 0 saturated carbocycles. The zero-order valence-electron chi connectivity index (χ0n) is 10.3. The number of benzene rings is 1. The molecule has 1 unspecified atom stereocenters. The van der Waals surface area contributed by atoms with Gasteiger partial charge in [-0.1, -0.05) is 6.07 Å². The number of aliphatic carboxylic acids is 1. The lowest BCUT2D eigenvalue weighted by atomic mass is 10.1. The number of rotatable bonds is 4. The van der Waals surface area contributed by atoms with Gasteiger partial charge in [-0.3, -0.25) is 4.79 Å². The Kier molecular flexibility index (Phi) is 3.93. The molecular weight excluding hydrogens is 202 g/mol. The SMILES string of the molecule is Cc1cc(C)cc(N(C)C(C)CC(=O)O)c1. The van der Waals surface area contributed by atoms with Crippen molar-refractivity contribution in [2.24, 2.45) is 0 Å². The Bertz CT molecular complexity index is 367. The van der Waals surface area contributed by atoms with Crippen LogP contribution in [0.4, 0.5) is 5.69 Å². The molecule has 0 aliphatic rings. The molecule has 0 spiro atoms. The van der Waals surface area contributed by atoms with Gasteiger partial charge in [0.1, 0.15) is 0 Å². The van der Waals surface area contributed by atoms with E-state index in [0.717, 1.165) is 5.69 Å². The van der Waals surface area contributed by atoms with E-state index in [4.69, 9.17) is 5.11 Å². The third-order valence-corrected chi connectivity index (χ3v) is 2.74. The van der Waals surface area contributed by atoms with E-state index in [1.165, 1.54) is 11.1 Å². The number of hydrogen-bond donors (Lipinski definition) is 1. The van der Waals surface area contributed by atoms with Crippen LogP contribution in [0.3, 0.4) is 0 Å². The second-order valence-corrected chi connectivity index (χ2v) is 4.40. The summed E-state index contributed by atoms with van der Waals surface area (Å²) in [5.74, 6) is -0.760. The fraction of sp³-hybridized carbons (Fsp3) is 0.462. The smallest absolute Gasteiger partial charge is 0.305 e. The maximum Gasteiger partial charge on any atom is 0.305 e. The molecule has 0 aromatic heterocycles. The Balaban J connectivity index is 2.86. The summed E-state index contributed by atoms with van der Waals surface area (Å²) in [5, 5.41) is 8.76. The molecule has 0 aliphatic heterocycles. The highest BCUT2D eigenvalue weighted by molar-refractivity contribution is 5.68. The summed E-state index contributed by atoms with van der Waals surface area (Å²) in [6, 6.07) is 6.26. The van der Waals surface area contributed by atoms with Gasteiger partial charge in [0.05, 0.1) is 6.42 Å². The molecule has 0 aliphatic carbocycles. The van der Waals surface area contributed by atoms with Crippen LogP contribution in [0.25, 0.3) is 0 Å². The van der Waals surface area contributed by atoms with E-state index in [2.05, 4.69) is 18.2 Å². The fourth-order valence-corrected chi connectivity index (χ4v) is 1.80. The highest BCUT2D eigenvalue weighted by Crippen LogP contribution is 2.20. The lowest BCUT2D eigenvalue weighted by molar-refractivity contribution is -0.137. The molecule has 1 N–H and O–H groups in total. The number of carbonyl (C=O) groups is 1. The molecule has 16 heavy (non-hydrogen) atoms. The quantitative estimate of drug-likeness (QED) is 0.849. The Labute approximate surface area is 96.7 Å². The molecule has 1 atom stereocenters. The zero-order chi connectivity index (χ0) is 12.3. The third kappa shape index (κ3) is 3.26. The molecule has 0 fully saturated rings. The Morgan fingerprint density at radius 1 is 1.31 bits per heavy atom. The molecule has 88 valence electrons. The molecular formula is C13H19NO2. The molecule has 0 radical (unpaired) electrons. The van der Waals surface area contributed by atoms with Crippen molar-refractivity contribution in [2.45, 2.75) is 33.2 Å². The van der Waals surface area contributed by atoms with Crippen molar-refractivity contribution in [3.8, 4) is 0 Å². The van der Waals surface area contributed by atoms with E-state index in [1.54, 1.807) is 0 Å². The lowest BCUT2D eigenvalue weighted by Crippen LogP contribution is -2.31. The number of hydrogen-bond acceptors (Lipinski definition) is 2. The standard InChI is InChI=1S/C13H19NO2/c1-9-5-10(2)7-12(6-9)14(4)11(3)8-13(15)16/h5-7,11H,8H2,1-4H3,(H,15,16). The van der Waals surface area contributed by atoms with Crippen LogP contribution in [-0.4, -0.2) is 24.2 Å². The largest absolute Gasteiger partial charge is 0.481 e. The number of carboxylic acids is 1. The fourth-order valence-electron chi connectivity index (χ4n) is 1.80. The molecule has 0 saturated heterocycles. The monoisotopic (exact) mass is 221 g/mol. The second kappa shape index (κ2) is 5.01. The van der Waals surface area contributed by atoms with E-state index in [-0.39, 0.29) is 12.5 Å². The summed E-state index contributed by atoms with van der Waals surface area (Å²) in [6.45, 7) is 6.02. The van der Waals surface area contributed by atoms with Crippen molar-refractivity contribution in [3.63, 3.8) is 0 Å². The lowest BCUT2D eigenvalue weighted by Gasteiger charge is -2.26. The van der Waals surface area contributed by atoms with Gasteiger partial charge in [0.25, 0.3) is 0 Å². The van der Waals surface area contributed by atoms with Crippen LogP contribution in [0.1, 0.15) is 24.5 Å². The minimum absolute atomic E-state index is 0.00120. The topological polar surface area (TPSA) is 40.5 Å². The van der Waals surface area contributed by atoms with Gasteiger partial charge in [0.15, 0.2) is 0 Å². The summed E-state index contributed by atoms with van der Waals surface area (Å²) in [7, 11) is 1.93. The maximum absolute atomic E-state index is 10.7. The van der Waals surface area contributed by atoms with Gasteiger partial charge < -0.3 is 10.0 Å². The molecule has 1 aromatic carbocycles. The first-order valence-electron chi connectivity index (χ1n) is 5.43. The summed E-state index contributed by atoms with van der Waals surface area (Å²) in [5.41, 5.74) is 3.47. The normalized spacial score (nSPS) is 12.2. The molecule has 1 rings (SSSR count). The minimum Gasteiger partial charge on any atom is -0.481 e. The minimum atomic E-state index is -0.760. The van der Waals surface area contributed by atoms with Crippen molar-refractivity contribution in [1.82, 2.24) is 0 Å². The maximum atomic E-state index is 10.7. The van der Waals surface area contributed by atoms with Crippen LogP contribution in [0.15, 0.2) is 18.2 Å². The van der Waals surface area contributed by atoms with Gasteiger partial charge in [-0.2, -0.15) is 0 Å². The average molecular weight is 221 g/mol. The van der Waals surface area contributed by atoms with Gasteiger partial charge in [-0.05, 0) is 44.0 Å². The highest BCUT2D eigenvalue weighted by atomic mass is 16.4. The summed E-state index contributed by atoms with van der Waals surface area (Å²) >= 11 is 0. The van der Waals surface area contributed by atoms with E-state index >= 15 is 0 Å². The Hall–Kier alpha value is -1.51. The van der Waals surface area contributed by atoms with Crippen molar-refractivity contribution < 1.29 is 9.90 Å². The predicted octanol–water partition coefficient (Wildman–Crippen LogP) is 2.60. The zero-order valence-corrected chi connectivity index (χ0v) is 10.3. The van der Waals surface area contributed by atoms with E-state index in [9.17, 15) is 4.79 Å². The van der Waals surface area contributed by atoms with Gasteiger partial charge in [-0.25, -0.2) is 0 Å². The van der Waals surface area contributed by atoms with Crippen molar-refractivity contribution in [1.29, 1.82) is 0 Å². The first kappa shape index (κ1) is 12.6. The molecule has 0 amide bonds. The molecule has 0 heterocycles. The van der Waals surface area contributed by atoms with Crippen molar-refractivity contribution >= 4 is 11.7 Å². The molecule has 3 nitrogen and oxygen atoms in total. The van der Waals surface area contributed by atoms with Gasteiger partial charge in [0, 0.05) is 18.8 Å². The number of nitrogens with zero attached hydrogens (tertiary/aromatic N) is 1. The highest BCUT2D eigenvalue weighted by Gasteiger charge is 2.13. The molecule has 1 aromatic rings. The average Bonchev–Trinajstić information content (AvgIpc) is 2.13. The number of carboxylic acid groups (broad SMARTS) is 1. The Morgan fingerprint density at radius 3 is 2.25 bits per heavy atom. The van der Waals surface area contributed by atoms with Crippen LogP contribution in [0.2, 0.25) is 0 Å². The predicted molar refractivity (Wildman–Crippen MR) is 66.0 cm³/mol. The summed E-state index contributed by atoms with van der Waals surface area (Å²) in [4.78, 5) is 12.7. The van der Waals surface area contributed by atoms with Gasteiger partial charge >= 0.3 is 5.97 Å². The van der Waals surface area contributed by atoms with Crippen LogP contribution in [0.5, 0.6) is 0 Å². The van der Waals surface area contributed by atoms with Crippen molar-refractivity contribution in [2.75, 3.05) is 11.9 Å². The van der Waals surface area contributed by atoms with Crippen LogP contribution < -0.4 is 4.90 Å². The summed E-state index contributed by atoms with van der Waals surface area (Å²) in [6.07, 6.45) is 0.156. The summed E-state index contributed by atoms with van der Waals surface area (Å²) < 4.78 is 0. The van der Waals surface area contributed by atoms with Crippen LogP contribution in [0, 0.1) is 13.8 Å². The van der Waals surface area contributed by atoms with E-state index in [1.807, 2.05) is 32.7 Å². The van der Waals surface area contributed by atoms with Crippen LogP contribution >= 0.6 is 0 Å². The van der Waals surface area contributed by atoms with Gasteiger partial charge in [0.2, 0.25) is 0 Å². The first-order valence-corrected chi connectivity index (χ1v) is 5.43. The molecule has 3 heteroatoms. The van der Waals surface area contributed by atoms with E-state index < -0.39 is 5.97 Å². The van der Waals surface area contributed by atoms with Crippen molar-refractivity contribution in [3.05, 3.63) is 29.3 Å². The first-order chi connectivity index (χ1) is 7.40. The number of aryl methyl sites for hydroxylation is 2. The number of anilines is 1. The second-order valence-electron chi connectivity index (χ2n) is 4.40. The third-order valence-electron chi connectivity index (χ3n) is 2.74. The Morgan fingerprint density at radius 2 is 1.81 bits per heavy atom. The van der Waals surface area contributed by atoms with Gasteiger partial charge in [-0.15, -0.1) is 0 Å².